The lowest BCUT2D eigenvalue weighted by molar-refractivity contribution is 0.206. The van der Waals surface area contributed by atoms with Crippen LogP contribution in [0.15, 0.2) is 57.7 Å². The lowest BCUT2D eigenvalue weighted by Crippen LogP contribution is -2.37. The van der Waals surface area contributed by atoms with Gasteiger partial charge in [0.05, 0.1) is 18.7 Å². The van der Waals surface area contributed by atoms with Gasteiger partial charge in [-0.25, -0.2) is 4.79 Å². The van der Waals surface area contributed by atoms with Gasteiger partial charge < -0.3 is 19.2 Å². The van der Waals surface area contributed by atoms with E-state index in [2.05, 4.69) is 15.5 Å². The molecule has 2 amide bonds. The zero-order valence-corrected chi connectivity index (χ0v) is 13.6. The van der Waals surface area contributed by atoms with Crippen molar-refractivity contribution < 1.29 is 13.7 Å². The van der Waals surface area contributed by atoms with Gasteiger partial charge in [0, 0.05) is 18.7 Å². The van der Waals surface area contributed by atoms with Crippen LogP contribution in [0.4, 0.5) is 4.79 Å². The molecule has 2 aromatic heterocycles. The maximum Gasteiger partial charge on any atom is 0.317 e. The zero-order chi connectivity index (χ0) is 17.1. The van der Waals surface area contributed by atoms with E-state index in [1.165, 1.54) is 0 Å². The van der Waals surface area contributed by atoms with E-state index >= 15 is 0 Å². The normalized spacial score (nSPS) is 17.0. The van der Waals surface area contributed by atoms with E-state index in [1.54, 1.807) is 17.2 Å². The van der Waals surface area contributed by atoms with Crippen molar-refractivity contribution in [2.75, 3.05) is 13.1 Å². The Morgan fingerprint density at radius 1 is 1.24 bits per heavy atom. The summed E-state index contributed by atoms with van der Waals surface area (Å²) in [5.41, 5.74) is 0.920. The molecule has 1 atom stereocenters. The highest BCUT2D eigenvalue weighted by atomic mass is 16.5. The van der Waals surface area contributed by atoms with Crippen LogP contribution in [0, 0.1) is 0 Å². The lowest BCUT2D eigenvalue weighted by atomic mass is 10.1. The molecule has 1 aromatic carbocycles. The highest BCUT2D eigenvalue weighted by molar-refractivity contribution is 5.74. The van der Waals surface area contributed by atoms with E-state index in [9.17, 15) is 4.79 Å². The van der Waals surface area contributed by atoms with Crippen LogP contribution in [0.1, 0.15) is 24.0 Å². The third-order valence-electron chi connectivity index (χ3n) is 4.29. The van der Waals surface area contributed by atoms with Crippen LogP contribution in [0.2, 0.25) is 0 Å². The number of rotatable bonds is 4. The van der Waals surface area contributed by atoms with Gasteiger partial charge in [0.2, 0.25) is 11.7 Å². The number of nitrogens with one attached hydrogen (secondary N) is 1. The summed E-state index contributed by atoms with van der Waals surface area (Å²) in [5, 5.41) is 6.91. The fourth-order valence-corrected chi connectivity index (χ4v) is 2.94. The van der Waals surface area contributed by atoms with Gasteiger partial charge in [0.15, 0.2) is 0 Å². The molecule has 1 fully saturated rings. The Morgan fingerprint density at radius 2 is 2.12 bits per heavy atom. The molecule has 1 unspecified atom stereocenters. The first-order valence-corrected chi connectivity index (χ1v) is 8.24. The third-order valence-corrected chi connectivity index (χ3v) is 4.29. The summed E-state index contributed by atoms with van der Waals surface area (Å²) in [4.78, 5) is 18.5. The number of aromatic nitrogens is 2. The third kappa shape index (κ3) is 3.40. The Morgan fingerprint density at radius 3 is 2.92 bits per heavy atom. The number of nitrogens with zero attached hydrogens (tertiary/aromatic N) is 3. The zero-order valence-electron chi connectivity index (χ0n) is 13.6. The van der Waals surface area contributed by atoms with Gasteiger partial charge in [-0.15, -0.1) is 0 Å². The molecule has 1 saturated heterocycles. The second kappa shape index (κ2) is 6.80. The van der Waals surface area contributed by atoms with Crippen LogP contribution in [0.25, 0.3) is 11.4 Å². The first-order chi connectivity index (χ1) is 12.3. The molecule has 1 N–H and O–H groups in total. The second-order valence-corrected chi connectivity index (χ2v) is 5.99. The number of benzene rings is 1. The Labute approximate surface area is 144 Å². The number of hydrogen-bond donors (Lipinski definition) is 1. The molecule has 128 valence electrons. The van der Waals surface area contributed by atoms with Crippen molar-refractivity contribution >= 4 is 6.03 Å². The van der Waals surface area contributed by atoms with Gasteiger partial charge in [-0.2, -0.15) is 4.98 Å². The van der Waals surface area contributed by atoms with Crippen LogP contribution < -0.4 is 5.32 Å². The Kier molecular flexibility index (Phi) is 4.20. The number of hydrogen-bond acceptors (Lipinski definition) is 5. The van der Waals surface area contributed by atoms with E-state index in [0.717, 1.165) is 17.7 Å². The van der Waals surface area contributed by atoms with E-state index in [4.69, 9.17) is 8.94 Å². The molecular weight excluding hydrogens is 320 g/mol. The van der Waals surface area contributed by atoms with Gasteiger partial charge >= 0.3 is 6.03 Å². The summed E-state index contributed by atoms with van der Waals surface area (Å²) >= 11 is 0. The highest BCUT2D eigenvalue weighted by Gasteiger charge is 2.31. The van der Waals surface area contributed by atoms with Crippen molar-refractivity contribution in [3.8, 4) is 11.4 Å². The molecular formula is C18H18N4O3. The summed E-state index contributed by atoms with van der Waals surface area (Å²) < 4.78 is 10.6. The quantitative estimate of drug-likeness (QED) is 0.790. The SMILES string of the molecule is O=C(NCc1ccco1)N1CCC(c2nc(-c3ccccc3)no2)C1. The van der Waals surface area contributed by atoms with Crippen LogP contribution in [-0.4, -0.2) is 34.2 Å². The van der Waals surface area contributed by atoms with Gasteiger partial charge in [-0.05, 0) is 18.6 Å². The van der Waals surface area contributed by atoms with E-state index in [1.807, 2.05) is 36.4 Å². The van der Waals surface area contributed by atoms with E-state index in [0.29, 0.717) is 31.3 Å². The first kappa shape index (κ1) is 15.4. The molecule has 25 heavy (non-hydrogen) atoms. The maximum atomic E-state index is 12.3. The Bertz CT molecular complexity index is 829. The predicted molar refractivity (Wildman–Crippen MR) is 89.6 cm³/mol. The van der Waals surface area contributed by atoms with Crippen molar-refractivity contribution in [1.82, 2.24) is 20.4 Å². The van der Waals surface area contributed by atoms with Crippen molar-refractivity contribution in [1.29, 1.82) is 0 Å². The minimum absolute atomic E-state index is 0.0688. The fourth-order valence-electron chi connectivity index (χ4n) is 2.94. The molecule has 0 radical (unpaired) electrons. The van der Waals surface area contributed by atoms with Crippen LogP contribution in [0.3, 0.4) is 0 Å². The Hall–Kier alpha value is -3.09. The molecule has 1 aliphatic heterocycles. The number of amides is 2. The molecule has 7 heteroatoms. The number of furan rings is 1. The van der Waals surface area contributed by atoms with Gasteiger partial charge in [-0.1, -0.05) is 35.5 Å². The summed E-state index contributed by atoms with van der Waals surface area (Å²) in [6, 6.07) is 13.2. The predicted octanol–water partition coefficient (Wildman–Crippen LogP) is 3.03. The van der Waals surface area contributed by atoms with Crippen LogP contribution in [0.5, 0.6) is 0 Å². The van der Waals surface area contributed by atoms with Crippen molar-refractivity contribution in [2.24, 2.45) is 0 Å². The van der Waals surface area contributed by atoms with Crippen LogP contribution in [-0.2, 0) is 6.54 Å². The lowest BCUT2D eigenvalue weighted by Gasteiger charge is -2.16. The molecule has 3 heterocycles. The van der Waals surface area contributed by atoms with E-state index < -0.39 is 0 Å². The molecule has 3 aromatic rings. The molecule has 7 nitrogen and oxygen atoms in total. The minimum Gasteiger partial charge on any atom is -0.467 e. The van der Waals surface area contributed by atoms with Gasteiger partial charge in [0.25, 0.3) is 0 Å². The number of likely N-dealkylation sites (tertiary alicyclic amines) is 1. The Balaban J connectivity index is 1.36. The molecule has 0 bridgehead atoms. The average molecular weight is 338 g/mol. The molecule has 0 saturated carbocycles. The summed E-state index contributed by atoms with van der Waals surface area (Å²) in [6.45, 7) is 1.61. The molecule has 4 rings (SSSR count). The van der Waals surface area contributed by atoms with E-state index in [-0.39, 0.29) is 11.9 Å². The minimum atomic E-state index is -0.110. The number of urea groups is 1. The highest BCUT2D eigenvalue weighted by Crippen LogP contribution is 2.27. The van der Waals surface area contributed by atoms with Crippen molar-refractivity contribution in [3.05, 3.63) is 60.4 Å². The van der Waals surface area contributed by atoms with Crippen molar-refractivity contribution in [3.63, 3.8) is 0 Å². The topological polar surface area (TPSA) is 84.4 Å². The molecule has 0 spiro atoms. The first-order valence-electron chi connectivity index (χ1n) is 8.24. The largest absolute Gasteiger partial charge is 0.467 e. The number of carbonyl (C=O) groups excluding carboxylic acids is 1. The molecule has 1 aliphatic rings. The summed E-state index contributed by atoms with van der Waals surface area (Å²) in [5.74, 6) is 1.96. The summed E-state index contributed by atoms with van der Waals surface area (Å²) in [7, 11) is 0. The maximum absolute atomic E-state index is 12.3. The fraction of sp³-hybridized carbons (Fsp3) is 0.278. The van der Waals surface area contributed by atoms with Gasteiger partial charge in [-0.3, -0.25) is 0 Å². The van der Waals surface area contributed by atoms with Crippen molar-refractivity contribution in [2.45, 2.75) is 18.9 Å². The monoisotopic (exact) mass is 338 g/mol. The summed E-state index contributed by atoms with van der Waals surface area (Å²) in [6.07, 6.45) is 2.40. The van der Waals surface area contributed by atoms with Crippen LogP contribution >= 0.6 is 0 Å². The van der Waals surface area contributed by atoms with Gasteiger partial charge in [0.1, 0.15) is 5.76 Å². The average Bonchev–Trinajstić information content (AvgIpc) is 3.41. The standard InChI is InChI=1S/C18H18N4O3/c23-18(19-11-15-7-4-10-24-15)22-9-8-14(12-22)17-20-16(21-25-17)13-5-2-1-3-6-13/h1-7,10,14H,8-9,11-12H2,(H,19,23). The second-order valence-electron chi connectivity index (χ2n) is 5.99. The number of carbonyl (C=O) groups is 1. The molecule has 0 aliphatic carbocycles. The smallest absolute Gasteiger partial charge is 0.317 e.